The summed E-state index contributed by atoms with van der Waals surface area (Å²) in [7, 11) is 2.12. The fourth-order valence-electron chi connectivity index (χ4n) is 2.43. The minimum absolute atomic E-state index is 0.0423. The second-order valence-corrected chi connectivity index (χ2v) is 5.66. The molecule has 0 spiro atoms. The molecule has 1 aromatic carbocycles. The summed E-state index contributed by atoms with van der Waals surface area (Å²) in [5, 5.41) is 2.75. The van der Waals surface area contributed by atoms with Crippen molar-refractivity contribution in [3.63, 3.8) is 0 Å². The van der Waals surface area contributed by atoms with E-state index in [-0.39, 0.29) is 11.6 Å². The third kappa shape index (κ3) is 4.41. The van der Waals surface area contributed by atoms with E-state index >= 15 is 0 Å². The normalized spacial score (nSPS) is 20.4. The van der Waals surface area contributed by atoms with Crippen molar-refractivity contribution in [3.05, 3.63) is 24.0 Å². The molecule has 1 aliphatic rings. The average molecular weight is 294 g/mol. The monoisotopic (exact) mass is 294 g/mol. The second kappa shape index (κ2) is 6.87. The van der Waals surface area contributed by atoms with Crippen LogP contribution in [0.15, 0.2) is 18.2 Å². The van der Waals surface area contributed by atoms with Crippen molar-refractivity contribution < 1.29 is 9.18 Å². The summed E-state index contributed by atoms with van der Waals surface area (Å²) < 4.78 is 13.0. The van der Waals surface area contributed by atoms with E-state index < -0.39 is 5.82 Å². The molecule has 5 nitrogen and oxygen atoms in total. The van der Waals surface area contributed by atoms with Crippen LogP contribution in [0.25, 0.3) is 0 Å². The van der Waals surface area contributed by atoms with E-state index in [1.165, 1.54) is 18.2 Å². The van der Waals surface area contributed by atoms with Gasteiger partial charge in [-0.3, -0.25) is 4.79 Å². The van der Waals surface area contributed by atoms with Crippen LogP contribution >= 0.6 is 0 Å². The van der Waals surface area contributed by atoms with Gasteiger partial charge in [-0.2, -0.15) is 0 Å². The Morgan fingerprint density at radius 2 is 2.24 bits per heavy atom. The van der Waals surface area contributed by atoms with E-state index in [1.807, 2.05) is 0 Å². The molecule has 0 aromatic heterocycles. The number of hydrogen-bond donors (Lipinski definition) is 2. The van der Waals surface area contributed by atoms with Crippen LogP contribution in [0.1, 0.15) is 13.3 Å². The number of carbonyl (C=O) groups excluding carboxylic acids is 1. The molecular formula is C15H23FN4O. The fraction of sp³-hybridized carbons (Fsp3) is 0.533. The van der Waals surface area contributed by atoms with E-state index in [4.69, 9.17) is 5.73 Å². The highest BCUT2D eigenvalue weighted by molar-refractivity contribution is 5.91. The molecule has 1 aliphatic heterocycles. The third-order valence-electron chi connectivity index (χ3n) is 3.98. The van der Waals surface area contributed by atoms with Gasteiger partial charge in [0.1, 0.15) is 5.82 Å². The lowest BCUT2D eigenvalue weighted by Crippen LogP contribution is -2.50. The summed E-state index contributed by atoms with van der Waals surface area (Å²) in [5.41, 5.74) is 6.05. The van der Waals surface area contributed by atoms with Gasteiger partial charge in [0.05, 0.1) is 5.69 Å². The zero-order valence-electron chi connectivity index (χ0n) is 12.6. The van der Waals surface area contributed by atoms with Crippen molar-refractivity contribution in [2.24, 2.45) is 0 Å². The molecule has 0 saturated carbocycles. The molecule has 3 N–H and O–H groups in total. The number of halogens is 1. The largest absolute Gasteiger partial charge is 0.396 e. The first-order valence-corrected chi connectivity index (χ1v) is 7.23. The summed E-state index contributed by atoms with van der Waals surface area (Å²) in [6, 6.07) is 4.72. The number of likely N-dealkylation sites (N-methyl/N-ethyl adjacent to an activating group) is 1. The second-order valence-electron chi connectivity index (χ2n) is 5.66. The summed E-state index contributed by atoms with van der Waals surface area (Å²) in [6.45, 7) is 5.91. The molecule has 0 radical (unpaired) electrons. The molecule has 1 saturated heterocycles. The summed E-state index contributed by atoms with van der Waals surface area (Å²) in [4.78, 5) is 16.5. The lowest BCUT2D eigenvalue weighted by atomic mass is 10.2. The molecule has 0 aliphatic carbocycles. The van der Waals surface area contributed by atoms with Gasteiger partial charge in [-0.15, -0.1) is 0 Å². The predicted octanol–water partition coefficient (Wildman–Crippen LogP) is 1.37. The lowest BCUT2D eigenvalue weighted by Gasteiger charge is -2.37. The van der Waals surface area contributed by atoms with Gasteiger partial charge in [0.25, 0.3) is 0 Å². The highest BCUT2D eigenvalue weighted by Gasteiger charge is 2.20. The van der Waals surface area contributed by atoms with Gasteiger partial charge in [0.2, 0.25) is 5.91 Å². The number of carbonyl (C=O) groups is 1. The molecule has 6 heteroatoms. The zero-order chi connectivity index (χ0) is 15.4. The first-order valence-electron chi connectivity index (χ1n) is 7.23. The molecule has 2 rings (SSSR count). The minimum atomic E-state index is -0.473. The SMILES string of the molecule is CC1CN(CCC(=O)Nc2ccc(F)c(N)c2)CCN1C. The molecule has 1 amide bonds. The van der Waals surface area contributed by atoms with E-state index in [0.717, 1.165) is 26.2 Å². The summed E-state index contributed by atoms with van der Waals surface area (Å²) >= 11 is 0. The standard InChI is InChI=1S/C15H23FN4O/c1-11-10-20(8-7-19(11)2)6-5-15(21)18-12-3-4-13(16)14(17)9-12/h3-4,9,11H,5-8,10,17H2,1-2H3,(H,18,21). The van der Waals surface area contributed by atoms with Gasteiger partial charge in [-0.1, -0.05) is 0 Å². The number of nitrogen functional groups attached to an aromatic ring is 1. The quantitative estimate of drug-likeness (QED) is 0.824. The molecule has 116 valence electrons. The van der Waals surface area contributed by atoms with Crippen LogP contribution in [0.4, 0.5) is 15.8 Å². The van der Waals surface area contributed by atoms with Gasteiger partial charge >= 0.3 is 0 Å². The van der Waals surface area contributed by atoms with Crippen LogP contribution in [0.3, 0.4) is 0 Å². The number of rotatable bonds is 4. The summed E-state index contributed by atoms with van der Waals surface area (Å²) in [5.74, 6) is -0.549. The molecule has 1 heterocycles. The Hall–Kier alpha value is -1.66. The Labute approximate surface area is 124 Å². The maximum atomic E-state index is 13.0. The predicted molar refractivity (Wildman–Crippen MR) is 82.6 cm³/mol. The molecule has 1 fully saturated rings. The first kappa shape index (κ1) is 15.7. The Bertz CT molecular complexity index is 508. The maximum Gasteiger partial charge on any atom is 0.225 e. The topological polar surface area (TPSA) is 61.6 Å². The maximum absolute atomic E-state index is 13.0. The van der Waals surface area contributed by atoms with Gasteiger partial charge < -0.3 is 20.9 Å². The number of piperazine rings is 1. The van der Waals surface area contributed by atoms with Crippen LogP contribution in [0, 0.1) is 5.82 Å². The van der Waals surface area contributed by atoms with Crippen LogP contribution in [0.2, 0.25) is 0 Å². The van der Waals surface area contributed by atoms with Crippen LogP contribution in [-0.2, 0) is 4.79 Å². The first-order chi connectivity index (χ1) is 9.95. The number of nitrogens with two attached hydrogens (primary N) is 1. The van der Waals surface area contributed by atoms with E-state index in [9.17, 15) is 9.18 Å². The van der Waals surface area contributed by atoms with Gasteiger partial charge in [0, 0.05) is 44.3 Å². The molecule has 0 bridgehead atoms. The van der Waals surface area contributed by atoms with Crippen molar-refractivity contribution in [3.8, 4) is 0 Å². The average Bonchev–Trinajstić information content (AvgIpc) is 2.44. The lowest BCUT2D eigenvalue weighted by molar-refractivity contribution is -0.116. The molecule has 1 atom stereocenters. The number of nitrogens with zero attached hydrogens (tertiary/aromatic N) is 2. The Morgan fingerprint density at radius 3 is 2.90 bits per heavy atom. The Kier molecular flexibility index (Phi) is 5.14. The number of amides is 1. The number of nitrogens with one attached hydrogen (secondary N) is 1. The Balaban J connectivity index is 1.78. The van der Waals surface area contributed by atoms with Gasteiger partial charge in [0.15, 0.2) is 0 Å². The zero-order valence-corrected chi connectivity index (χ0v) is 12.6. The minimum Gasteiger partial charge on any atom is -0.396 e. The van der Waals surface area contributed by atoms with Crippen molar-refractivity contribution >= 4 is 17.3 Å². The van der Waals surface area contributed by atoms with Crippen molar-refractivity contribution in [2.45, 2.75) is 19.4 Å². The van der Waals surface area contributed by atoms with Crippen molar-refractivity contribution in [2.75, 3.05) is 44.3 Å². The van der Waals surface area contributed by atoms with E-state index in [1.54, 1.807) is 0 Å². The Morgan fingerprint density at radius 1 is 1.48 bits per heavy atom. The van der Waals surface area contributed by atoms with Crippen molar-refractivity contribution in [1.82, 2.24) is 9.80 Å². The van der Waals surface area contributed by atoms with Crippen LogP contribution in [-0.4, -0.2) is 55.0 Å². The highest BCUT2D eigenvalue weighted by Crippen LogP contribution is 2.16. The number of anilines is 2. The molecule has 1 unspecified atom stereocenters. The highest BCUT2D eigenvalue weighted by atomic mass is 19.1. The van der Waals surface area contributed by atoms with Crippen molar-refractivity contribution in [1.29, 1.82) is 0 Å². The van der Waals surface area contributed by atoms with Crippen LogP contribution < -0.4 is 11.1 Å². The van der Waals surface area contributed by atoms with Gasteiger partial charge in [-0.25, -0.2) is 4.39 Å². The number of benzene rings is 1. The molecule has 1 aromatic rings. The van der Waals surface area contributed by atoms with E-state index in [2.05, 4.69) is 29.1 Å². The smallest absolute Gasteiger partial charge is 0.225 e. The van der Waals surface area contributed by atoms with Gasteiger partial charge in [-0.05, 0) is 32.2 Å². The summed E-state index contributed by atoms with van der Waals surface area (Å²) in [6.07, 6.45) is 0.424. The van der Waals surface area contributed by atoms with Crippen LogP contribution in [0.5, 0.6) is 0 Å². The third-order valence-corrected chi connectivity index (χ3v) is 3.98. The van der Waals surface area contributed by atoms with E-state index in [0.29, 0.717) is 18.2 Å². The molecule has 21 heavy (non-hydrogen) atoms. The fourth-order valence-corrected chi connectivity index (χ4v) is 2.43. The molecular weight excluding hydrogens is 271 g/mol. The number of hydrogen-bond acceptors (Lipinski definition) is 4.